The zero-order valence-electron chi connectivity index (χ0n) is 16.2. The molecule has 146 valence electrons. The number of aryl methyl sites for hydroxylation is 1. The topological polar surface area (TPSA) is 85.3 Å². The standard InChI is InChI=1S/C19H31N3O4/c1-14-11-15(20-12-16(24)13-23)5-6-17(14)21-7-9-22(10-8-21)18(25)26-19(2,3)4/h5-6,11,16,20,23-24H,7-10,12-13H2,1-4H3. The minimum Gasteiger partial charge on any atom is -0.444 e. The van der Waals surface area contributed by atoms with Crippen molar-refractivity contribution in [3.05, 3.63) is 23.8 Å². The molecule has 0 spiro atoms. The number of nitrogens with one attached hydrogen (secondary N) is 1. The Morgan fingerprint density at radius 2 is 1.92 bits per heavy atom. The molecule has 3 N–H and O–H groups in total. The summed E-state index contributed by atoms with van der Waals surface area (Å²) in [4.78, 5) is 16.2. The first-order valence-corrected chi connectivity index (χ1v) is 9.06. The molecule has 1 saturated heterocycles. The van der Waals surface area contributed by atoms with E-state index in [9.17, 15) is 9.90 Å². The molecule has 1 aromatic carbocycles. The fourth-order valence-corrected chi connectivity index (χ4v) is 2.88. The number of piperazine rings is 1. The van der Waals surface area contributed by atoms with Crippen LogP contribution in [0.1, 0.15) is 26.3 Å². The molecule has 0 aliphatic carbocycles. The van der Waals surface area contributed by atoms with Gasteiger partial charge in [-0.25, -0.2) is 4.79 Å². The maximum Gasteiger partial charge on any atom is 0.410 e. The number of nitrogens with zero attached hydrogens (tertiary/aromatic N) is 2. The van der Waals surface area contributed by atoms with Gasteiger partial charge in [0.25, 0.3) is 0 Å². The Labute approximate surface area is 155 Å². The van der Waals surface area contributed by atoms with E-state index in [2.05, 4.69) is 10.2 Å². The largest absolute Gasteiger partial charge is 0.444 e. The predicted molar refractivity (Wildman–Crippen MR) is 103 cm³/mol. The monoisotopic (exact) mass is 365 g/mol. The van der Waals surface area contributed by atoms with Gasteiger partial charge in [0.15, 0.2) is 0 Å². The van der Waals surface area contributed by atoms with Gasteiger partial charge in [0.2, 0.25) is 0 Å². The molecule has 0 saturated carbocycles. The smallest absolute Gasteiger partial charge is 0.410 e. The second kappa shape index (κ2) is 8.60. The van der Waals surface area contributed by atoms with Crippen LogP contribution in [0.5, 0.6) is 0 Å². The van der Waals surface area contributed by atoms with Crippen molar-refractivity contribution < 1.29 is 19.7 Å². The Bertz CT molecular complexity index is 607. The average molecular weight is 365 g/mol. The Hall–Kier alpha value is -1.99. The van der Waals surface area contributed by atoms with Crippen molar-refractivity contribution in [3.8, 4) is 0 Å². The first-order chi connectivity index (χ1) is 12.2. The van der Waals surface area contributed by atoms with Gasteiger partial charge in [0.1, 0.15) is 5.60 Å². The van der Waals surface area contributed by atoms with Crippen LogP contribution in [0.15, 0.2) is 18.2 Å². The second-order valence-corrected chi connectivity index (χ2v) is 7.67. The van der Waals surface area contributed by atoms with Crippen LogP contribution in [0.4, 0.5) is 16.2 Å². The Balaban J connectivity index is 1.91. The molecule has 1 aromatic rings. The van der Waals surface area contributed by atoms with Gasteiger partial charge in [0, 0.05) is 44.1 Å². The summed E-state index contributed by atoms with van der Waals surface area (Å²) in [6.07, 6.45) is -1.02. The Morgan fingerprint density at radius 3 is 2.46 bits per heavy atom. The molecule has 1 atom stereocenters. The van der Waals surface area contributed by atoms with Crippen molar-refractivity contribution in [2.24, 2.45) is 0 Å². The maximum atomic E-state index is 12.2. The number of amides is 1. The molecule has 1 fully saturated rings. The summed E-state index contributed by atoms with van der Waals surface area (Å²) < 4.78 is 5.43. The van der Waals surface area contributed by atoms with E-state index in [0.29, 0.717) is 19.6 Å². The normalized spacial score (nSPS) is 16.4. The highest BCUT2D eigenvalue weighted by atomic mass is 16.6. The van der Waals surface area contributed by atoms with Gasteiger partial charge in [-0.15, -0.1) is 0 Å². The van der Waals surface area contributed by atoms with Crippen LogP contribution in [0, 0.1) is 6.92 Å². The SMILES string of the molecule is Cc1cc(NCC(O)CO)ccc1N1CCN(C(=O)OC(C)(C)C)CC1. The van der Waals surface area contributed by atoms with Gasteiger partial charge in [-0.2, -0.15) is 0 Å². The van der Waals surface area contributed by atoms with E-state index in [4.69, 9.17) is 9.84 Å². The van der Waals surface area contributed by atoms with Crippen molar-refractivity contribution in [2.75, 3.05) is 49.5 Å². The molecule has 7 nitrogen and oxygen atoms in total. The lowest BCUT2D eigenvalue weighted by Crippen LogP contribution is -2.50. The van der Waals surface area contributed by atoms with Crippen LogP contribution < -0.4 is 10.2 Å². The summed E-state index contributed by atoms with van der Waals surface area (Å²) in [6, 6.07) is 6.04. The zero-order chi connectivity index (χ0) is 19.3. The minimum absolute atomic E-state index is 0.254. The first-order valence-electron chi connectivity index (χ1n) is 9.06. The number of rotatable bonds is 5. The van der Waals surface area contributed by atoms with Crippen LogP contribution in [0.2, 0.25) is 0 Å². The fourth-order valence-electron chi connectivity index (χ4n) is 2.88. The molecule has 1 aliphatic rings. The number of aliphatic hydroxyl groups is 2. The maximum absolute atomic E-state index is 12.2. The van der Waals surface area contributed by atoms with E-state index >= 15 is 0 Å². The lowest BCUT2D eigenvalue weighted by molar-refractivity contribution is 0.0240. The van der Waals surface area contributed by atoms with Crippen molar-refractivity contribution in [1.29, 1.82) is 0 Å². The number of carbonyl (C=O) groups is 1. The third-order valence-corrected chi connectivity index (χ3v) is 4.22. The molecule has 0 aromatic heterocycles. The summed E-state index contributed by atoms with van der Waals surface area (Å²) in [5, 5.41) is 21.4. The Morgan fingerprint density at radius 1 is 1.27 bits per heavy atom. The van der Waals surface area contributed by atoms with Gasteiger partial charge in [-0.3, -0.25) is 0 Å². The summed E-state index contributed by atoms with van der Waals surface area (Å²) in [5.41, 5.74) is 2.70. The van der Waals surface area contributed by atoms with Gasteiger partial charge in [-0.05, 0) is 51.5 Å². The molecule has 7 heteroatoms. The minimum atomic E-state index is -0.768. The van der Waals surface area contributed by atoms with E-state index in [1.54, 1.807) is 4.90 Å². The van der Waals surface area contributed by atoms with E-state index in [1.807, 2.05) is 45.9 Å². The summed E-state index contributed by atoms with van der Waals surface area (Å²) in [7, 11) is 0. The van der Waals surface area contributed by atoms with E-state index in [-0.39, 0.29) is 12.7 Å². The molecule has 1 amide bonds. The average Bonchev–Trinajstić information content (AvgIpc) is 2.58. The molecule has 2 rings (SSSR count). The van der Waals surface area contributed by atoms with Crippen LogP contribution >= 0.6 is 0 Å². The number of anilines is 2. The number of hydrogen-bond acceptors (Lipinski definition) is 6. The fraction of sp³-hybridized carbons (Fsp3) is 0.632. The van der Waals surface area contributed by atoms with Crippen LogP contribution in [0.25, 0.3) is 0 Å². The van der Waals surface area contributed by atoms with Gasteiger partial charge >= 0.3 is 6.09 Å². The quantitative estimate of drug-likeness (QED) is 0.738. The van der Waals surface area contributed by atoms with Gasteiger partial charge < -0.3 is 30.1 Å². The van der Waals surface area contributed by atoms with Crippen molar-refractivity contribution in [1.82, 2.24) is 4.90 Å². The third-order valence-electron chi connectivity index (χ3n) is 4.22. The first kappa shape index (κ1) is 20.3. The van der Waals surface area contributed by atoms with Crippen LogP contribution in [0.3, 0.4) is 0 Å². The molecule has 0 bridgehead atoms. The van der Waals surface area contributed by atoms with Crippen molar-refractivity contribution >= 4 is 17.5 Å². The lowest BCUT2D eigenvalue weighted by Gasteiger charge is -2.37. The van der Waals surface area contributed by atoms with Gasteiger partial charge in [-0.1, -0.05) is 0 Å². The molecular formula is C19H31N3O4. The second-order valence-electron chi connectivity index (χ2n) is 7.67. The molecule has 26 heavy (non-hydrogen) atoms. The van der Waals surface area contributed by atoms with E-state index < -0.39 is 11.7 Å². The lowest BCUT2D eigenvalue weighted by atomic mass is 10.1. The number of carbonyl (C=O) groups excluding carboxylic acids is 1. The van der Waals surface area contributed by atoms with Gasteiger partial charge in [0.05, 0.1) is 12.7 Å². The number of aliphatic hydroxyl groups excluding tert-OH is 2. The van der Waals surface area contributed by atoms with E-state index in [0.717, 1.165) is 30.0 Å². The molecule has 1 unspecified atom stereocenters. The van der Waals surface area contributed by atoms with Crippen molar-refractivity contribution in [2.45, 2.75) is 39.4 Å². The molecule has 1 heterocycles. The highest BCUT2D eigenvalue weighted by Crippen LogP contribution is 2.25. The molecule has 0 radical (unpaired) electrons. The zero-order valence-corrected chi connectivity index (χ0v) is 16.2. The highest BCUT2D eigenvalue weighted by Gasteiger charge is 2.26. The number of benzene rings is 1. The summed E-state index contributed by atoms with van der Waals surface area (Å²) in [5.74, 6) is 0. The molecule has 1 aliphatic heterocycles. The summed E-state index contributed by atoms with van der Waals surface area (Å²) >= 11 is 0. The highest BCUT2D eigenvalue weighted by molar-refractivity contribution is 5.69. The predicted octanol–water partition coefficient (Wildman–Crippen LogP) is 1.82. The van der Waals surface area contributed by atoms with Crippen LogP contribution in [-0.2, 0) is 4.74 Å². The van der Waals surface area contributed by atoms with E-state index in [1.165, 1.54) is 0 Å². The van der Waals surface area contributed by atoms with Crippen LogP contribution in [-0.4, -0.2) is 72.2 Å². The Kier molecular flexibility index (Phi) is 6.72. The summed E-state index contributed by atoms with van der Waals surface area (Å²) in [6.45, 7) is 10.5. The van der Waals surface area contributed by atoms with Crippen molar-refractivity contribution in [3.63, 3.8) is 0 Å². The molecular weight excluding hydrogens is 334 g/mol. The number of ether oxygens (including phenoxy) is 1. The third kappa shape index (κ3) is 5.78. The number of hydrogen-bond donors (Lipinski definition) is 3.